The van der Waals surface area contributed by atoms with Gasteiger partial charge in [0.2, 0.25) is 0 Å². The van der Waals surface area contributed by atoms with Crippen molar-refractivity contribution in [2.45, 2.75) is 32.1 Å². The van der Waals surface area contributed by atoms with Crippen LogP contribution in [-0.4, -0.2) is 6.67 Å². The van der Waals surface area contributed by atoms with Crippen molar-refractivity contribution < 1.29 is 4.39 Å². The third-order valence-electron chi connectivity index (χ3n) is 4.63. The van der Waals surface area contributed by atoms with Gasteiger partial charge in [0.1, 0.15) is 0 Å². The molecule has 1 saturated carbocycles. The Kier molecular flexibility index (Phi) is 3.60. The molecule has 0 atom stereocenters. The first-order chi connectivity index (χ1) is 9.78. The van der Waals surface area contributed by atoms with E-state index < -0.39 is 0 Å². The summed E-state index contributed by atoms with van der Waals surface area (Å²) in [4.78, 5) is 0. The van der Waals surface area contributed by atoms with Gasteiger partial charge in [-0.3, -0.25) is 4.39 Å². The molecule has 1 fully saturated rings. The van der Waals surface area contributed by atoms with E-state index in [4.69, 9.17) is 0 Å². The molecule has 20 heavy (non-hydrogen) atoms. The standard InChI is InChI=1S/C19H21F/c1-2-15-8-9-16(18-7-4-3-6-17(15)18)14-19(11-12-19)10-5-13-20/h2-4,6-9H,1,5,10-14H2. The van der Waals surface area contributed by atoms with Crippen molar-refractivity contribution in [3.05, 3.63) is 54.1 Å². The van der Waals surface area contributed by atoms with Gasteiger partial charge in [0.05, 0.1) is 6.67 Å². The van der Waals surface area contributed by atoms with Crippen molar-refractivity contribution in [1.29, 1.82) is 0 Å². The van der Waals surface area contributed by atoms with Crippen molar-refractivity contribution in [2.24, 2.45) is 5.41 Å². The predicted molar refractivity (Wildman–Crippen MR) is 84.6 cm³/mol. The summed E-state index contributed by atoms with van der Waals surface area (Å²) in [5, 5.41) is 2.61. The van der Waals surface area contributed by atoms with E-state index in [-0.39, 0.29) is 6.67 Å². The fourth-order valence-corrected chi connectivity index (χ4v) is 3.25. The number of hydrogen-bond acceptors (Lipinski definition) is 0. The van der Waals surface area contributed by atoms with Crippen molar-refractivity contribution in [3.63, 3.8) is 0 Å². The van der Waals surface area contributed by atoms with Crippen LogP contribution < -0.4 is 0 Å². The number of halogens is 1. The van der Waals surface area contributed by atoms with Crippen molar-refractivity contribution in [2.75, 3.05) is 6.67 Å². The van der Waals surface area contributed by atoms with Gasteiger partial charge in [0.15, 0.2) is 0 Å². The van der Waals surface area contributed by atoms with Crippen LogP contribution in [0, 0.1) is 5.41 Å². The molecule has 2 aromatic rings. The van der Waals surface area contributed by atoms with Gasteiger partial charge in [-0.25, -0.2) is 0 Å². The minimum absolute atomic E-state index is 0.183. The molecule has 0 unspecified atom stereocenters. The van der Waals surface area contributed by atoms with Crippen LogP contribution >= 0.6 is 0 Å². The Hall–Kier alpha value is -1.63. The molecule has 0 spiro atoms. The Balaban J connectivity index is 1.94. The molecule has 0 aromatic heterocycles. The first kappa shape index (κ1) is 13.4. The van der Waals surface area contributed by atoms with Gasteiger partial charge in [-0.05, 0) is 59.4 Å². The first-order valence-corrected chi connectivity index (χ1v) is 7.47. The molecule has 104 valence electrons. The van der Waals surface area contributed by atoms with Gasteiger partial charge in [-0.15, -0.1) is 0 Å². The van der Waals surface area contributed by atoms with Crippen LogP contribution in [0.5, 0.6) is 0 Å². The average molecular weight is 268 g/mol. The average Bonchev–Trinajstić information content (AvgIpc) is 3.26. The zero-order chi connectivity index (χ0) is 14.0. The monoisotopic (exact) mass is 268 g/mol. The number of alkyl halides is 1. The minimum atomic E-state index is -0.183. The molecule has 0 bridgehead atoms. The van der Waals surface area contributed by atoms with Gasteiger partial charge in [0.25, 0.3) is 0 Å². The Labute approximate surface area is 120 Å². The maximum atomic E-state index is 12.4. The second kappa shape index (κ2) is 5.40. The molecule has 1 aliphatic carbocycles. The lowest BCUT2D eigenvalue weighted by atomic mass is 9.88. The molecule has 0 nitrogen and oxygen atoms in total. The highest BCUT2D eigenvalue weighted by atomic mass is 19.1. The van der Waals surface area contributed by atoms with Crippen LogP contribution in [0.4, 0.5) is 4.39 Å². The van der Waals surface area contributed by atoms with Gasteiger partial charge >= 0.3 is 0 Å². The van der Waals surface area contributed by atoms with Gasteiger partial charge < -0.3 is 0 Å². The number of hydrogen-bond donors (Lipinski definition) is 0. The molecular weight excluding hydrogens is 247 g/mol. The topological polar surface area (TPSA) is 0 Å². The highest BCUT2D eigenvalue weighted by Gasteiger charge is 2.41. The van der Waals surface area contributed by atoms with E-state index in [2.05, 4.69) is 43.0 Å². The first-order valence-electron chi connectivity index (χ1n) is 7.47. The van der Waals surface area contributed by atoms with Crippen LogP contribution in [-0.2, 0) is 6.42 Å². The second-order valence-corrected chi connectivity index (χ2v) is 6.03. The minimum Gasteiger partial charge on any atom is -0.251 e. The van der Waals surface area contributed by atoms with Crippen LogP contribution in [0.3, 0.4) is 0 Å². The van der Waals surface area contributed by atoms with Crippen molar-refractivity contribution in [3.8, 4) is 0 Å². The summed E-state index contributed by atoms with van der Waals surface area (Å²) in [5.41, 5.74) is 2.98. The Morgan fingerprint density at radius 3 is 2.50 bits per heavy atom. The molecule has 1 heteroatoms. The fourth-order valence-electron chi connectivity index (χ4n) is 3.25. The van der Waals surface area contributed by atoms with E-state index in [1.54, 1.807) is 0 Å². The summed E-state index contributed by atoms with van der Waals surface area (Å²) in [7, 11) is 0. The molecule has 0 aliphatic heterocycles. The number of rotatable bonds is 6. The maximum Gasteiger partial charge on any atom is 0.0894 e. The molecule has 0 heterocycles. The van der Waals surface area contributed by atoms with E-state index in [1.165, 1.54) is 34.7 Å². The smallest absolute Gasteiger partial charge is 0.0894 e. The van der Waals surface area contributed by atoms with E-state index in [0.29, 0.717) is 11.8 Å². The third-order valence-corrected chi connectivity index (χ3v) is 4.63. The molecule has 3 rings (SSSR count). The van der Waals surface area contributed by atoms with Crippen molar-refractivity contribution >= 4 is 16.8 Å². The lowest BCUT2D eigenvalue weighted by molar-refractivity contribution is 0.386. The summed E-state index contributed by atoms with van der Waals surface area (Å²) >= 11 is 0. The Morgan fingerprint density at radius 2 is 1.85 bits per heavy atom. The van der Waals surface area contributed by atoms with E-state index in [9.17, 15) is 4.39 Å². The SMILES string of the molecule is C=Cc1ccc(CC2(CCCF)CC2)c2ccccc12. The van der Waals surface area contributed by atoms with E-state index >= 15 is 0 Å². The second-order valence-electron chi connectivity index (χ2n) is 6.03. The summed E-state index contributed by atoms with van der Waals surface area (Å²) < 4.78 is 12.4. The summed E-state index contributed by atoms with van der Waals surface area (Å²) in [6.07, 6.45) is 7.26. The molecule has 0 amide bonds. The van der Waals surface area contributed by atoms with Crippen molar-refractivity contribution in [1.82, 2.24) is 0 Å². The molecule has 0 N–H and O–H groups in total. The highest BCUT2D eigenvalue weighted by molar-refractivity contribution is 5.92. The molecular formula is C19H21F. The quantitative estimate of drug-likeness (QED) is 0.644. The molecule has 2 aromatic carbocycles. The molecule has 1 aliphatic rings. The van der Waals surface area contributed by atoms with Gasteiger partial charge in [0, 0.05) is 0 Å². The fraction of sp³-hybridized carbons (Fsp3) is 0.368. The lowest BCUT2D eigenvalue weighted by Crippen LogP contribution is -2.06. The van der Waals surface area contributed by atoms with Crippen LogP contribution in [0.15, 0.2) is 43.0 Å². The lowest BCUT2D eigenvalue weighted by Gasteiger charge is -2.16. The van der Waals surface area contributed by atoms with Crippen LogP contribution in [0.2, 0.25) is 0 Å². The summed E-state index contributed by atoms with van der Waals surface area (Å²) in [5.74, 6) is 0. The van der Waals surface area contributed by atoms with Crippen LogP contribution in [0.25, 0.3) is 16.8 Å². The zero-order valence-electron chi connectivity index (χ0n) is 11.9. The van der Waals surface area contributed by atoms with Gasteiger partial charge in [-0.2, -0.15) is 0 Å². The summed E-state index contributed by atoms with van der Waals surface area (Å²) in [6.45, 7) is 3.71. The predicted octanol–water partition coefficient (Wildman–Crippen LogP) is 5.56. The number of fused-ring (bicyclic) bond motifs is 1. The Morgan fingerprint density at radius 1 is 1.10 bits per heavy atom. The van der Waals surface area contributed by atoms with Crippen LogP contribution in [0.1, 0.15) is 36.8 Å². The molecule has 0 radical (unpaired) electrons. The largest absolute Gasteiger partial charge is 0.251 e. The summed E-state index contributed by atoms with van der Waals surface area (Å²) in [6, 6.07) is 12.9. The normalized spacial score (nSPS) is 16.2. The van der Waals surface area contributed by atoms with E-state index in [1.807, 2.05) is 6.08 Å². The van der Waals surface area contributed by atoms with E-state index in [0.717, 1.165) is 12.8 Å². The highest BCUT2D eigenvalue weighted by Crippen LogP contribution is 2.52. The maximum absolute atomic E-state index is 12.4. The molecule has 0 saturated heterocycles. The Bertz CT molecular complexity index is 623. The number of benzene rings is 2. The third kappa shape index (κ3) is 2.49. The zero-order valence-corrected chi connectivity index (χ0v) is 11.9. The van der Waals surface area contributed by atoms with Gasteiger partial charge in [-0.1, -0.05) is 49.1 Å².